The van der Waals surface area contributed by atoms with Crippen LogP contribution in [0, 0.1) is 0 Å². The number of rotatable bonds is 5. The first-order valence-electron chi connectivity index (χ1n) is 5.98. The highest BCUT2D eigenvalue weighted by molar-refractivity contribution is 7.27. The van der Waals surface area contributed by atoms with E-state index in [2.05, 4.69) is 15.6 Å². The molecule has 0 aliphatic rings. The van der Waals surface area contributed by atoms with Crippen molar-refractivity contribution in [1.82, 2.24) is 20.3 Å². The van der Waals surface area contributed by atoms with Crippen molar-refractivity contribution in [2.75, 3.05) is 0 Å². The van der Waals surface area contributed by atoms with Gasteiger partial charge in [-0.05, 0) is 17.5 Å². The second kappa shape index (κ2) is 5.62. The van der Waals surface area contributed by atoms with E-state index in [0.717, 1.165) is 9.40 Å². The average molecular weight is 322 g/mol. The zero-order valence-corrected chi connectivity index (χ0v) is 12.3. The molecular formula is C12H10N4O3S2. The van der Waals surface area contributed by atoms with Crippen LogP contribution in [0.5, 0.6) is 0 Å². The third-order valence-electron chi connectivity index (χ3n) is 2.68. The molecule has 0 aliphatic carbocycles. The van der Waals surface area contributed by atoms with Crippen LogP contribution < -0.4 is 5.32 Å². The number of carboxylic acids is 1. The quantitative estimate of drug-likeness (QED) is 0.743. The summed E-state index contributed by atoms with van der Waals surface area (Å²) in [6.07, 6.45) is 1.50. The van der Waals surface area contributed by atoms with Crippen molar-refractivity contribution in [1.29, 1.82) is 0 Å². The van der Waals surface area contributed by atoms with Gasteiger partial charge >= 0.3 is 5.97 Å². The van der Waals surface area contributed by atoms with E-state index in [9.17, 15) is 9.59 Å². The number of fused-ring (bicyclic) bond motifs is 1. The predicted molar refractivity (Wildman–Crippen MR) is 78.5 cm³/mol. The molecule has 0 aliphatic heterocycles. The van der Waals surface area contributed by atoms with Gasteiger partial charge in [0.2, 0.25) is 0 Å². The zero-order valence-electron chi connectivity index (χ0n) is 10.6. The van der Waals surface area contributed by atoms with Crippen LogP contribution in [0.25, 0.3) is 9.40 Å². The number of hydrogen-bond acceptors (Lipinski definition) is 6. The number of carbonyl (C=O) groups excluding carboxylic acids is 1. The molecule has 3 heterocycles. The summed E-state index contributed by atoms with van der Waals surface area (Å²) in [6.45, 7) is -0.0356. The van der Waals surface area contributed by atoms with Gasteiger partial charge in [0.25, 0.3) is 5.91 Å². The highest BCUT2D eigenvalue weighted by Crippen LogP contribution is 2.29. The van der Waals surface area contributed by atoms with E-state index < -0.39 is 5.97 Å². The van der Waals surface area contributed by atoms with Gasteiger partial charge in [-0.25, -0.2) is 4.68 Å². The standard InChI is InChI=1S/C12H10N4O3S2/c17-11(18)6-16-5-7(14-15-16)4-13-12(19)10-3-9-8(21-10)1-2-20-9/h1-3,5H,4,6H2,(H,13,19)(H,17,18). The van der Waals surface area contributed by atoms with Crippen LogP contribution in [0.4, 0.5) is 0 Å². The van der Waals surface area contributed by atoms with Gasteiger partial charge in [-0.1, -0.05) is 5.21 Å². The van der Waals surface area contributed by atoms with Crippen LogP contribution >= 0.6 is 22.7 Å². The number of nitrogens with zero attached hydrogens (tertiary/aromatic N) is 3. The summed E-state index contributed by atoms with van der Waals surface area (Å²) in [7, 11) is 0. The Balaban J connectivity index is 1.61. The number of thiophene rings is 2. The Kier molecular flexibility index (Phi) is 3.67. The first-order chi connectivity index (χ1) is 10.1. The maximum atomic E-state index is 12.0. The van der Waals surface area contributed by atoms with E-state index in [1.807, 2.05) is 17.5 Å². The van der Waals surface area contributed by atoms with Gasteiger partial charge in [0.1, 0.15) is 12.2 Å². The van der Waals surface area contributed by atoms with Crippen molar-refractivity contribution in [3.05, 3.63) is 34.3 Å². The molecule has 3 aromatic rings. The summed E-state index contributed by atoms with van der Waals surface area (Å²) in [5, 5.41) is 20.9. The monoisotopic (exact) mass is 322 g/mol. The Hall–Kier alpha value is -2.26. The third kappa shape index (κ3) is 3.09. The lowest BCUT2D eigenvalue weighted by atomic mass is 10.4. The van der Waals surface area contributed by atoms with Gasteiger partial charge in [-0.3, -0.25) is 9.59 Å². The Morgan fingerprint density at radius 2 is 2.24 bits per heavy atom. The number of aliphatic carboxylic acids is 1. The van der Waals surface area contributed by atoms with Crippen molar-refractivity contribution in [2.45, 2.75) is 13.1 Å². The number of carboxylic acid groups (broad SMARTS) is 1. The van der Waals surface area contributed by atoms with Crippen molar-refractivity contribution >= 4 is 43.9 Å². The van der Waals surface area contributed by atoms with Gasteiger partial charge < -0.3 is 10.4 Å². The van der Waals surface area contributed by atoms with Crippen LogP contribution in [0.3, 0.4) is 0 Å². The van der Waals surface area contributed by atoms with Crippen LogP contribution in [-0.4, -0.2) is 32.0 Å². The van der Waals surface area contributed by atoms with Gasteiger partial charge in [0.05, 0.1) is 17.6 Å². The minimum Gasteiger partial charge on any atom is -0.480 e. The molecule has 0 saturated carbocycles. The van der Waals surface area contributed by atoms with E-state index in [-0.39, 0.29) is 19.0 Å². The predicted octanol–water partition coefficient (Wildman–Crippen LogP) is 1.57. The first kappa shape index (κ1) is 13.7. The average Bonchev–Trinajstić information content (AvgIpc) is 3.09. The number of hydrogen-bond donors (Lipinski definition) is 2. The Bertz CT molecular complexity index is 776. The van der Waals surface area contributed by atoms with Gasteiger partial charge in [-0.2, -0.15) is 0 Å². The maximum absolute atomic E-state index is 12.0. The summed E-state index contributed by atoms with van der Waals surface area (Å²) >= 11 is 3.04. The lowest BCUT2D eigenvalue weighted by Crippen LogP contribution is -2.21. The van der Waals surface area contributed by atoms with Crippen molar-refractivity contribution < 1.29 is 14.7 Å². The molecule has 0 atom stereocenters. The number of aromatic nitrogens is 3. The number of carbonyl (C=O) groups is 2. The Labute approximate surface area is 126 Å². The van der Waals surface area contributed by atoms with E-state index in [1.54, 1.807) is 11.3 Å². The van der Waals surface area contributed by atoms with Gasteiger partial charge in [0, 0.05) is 9.40 Å². The Morgan fingerprint density at radius 1 is 1.38 bits per heavy atom. The molecule has 0 bridgehead atoms. The molecule has 2 N–H and O–H groups in total. The fourth-order valence-corrected chi connectivity index (χ4v) is 3.80. The molecule has 7 nitrogen and oxygen atoms in total. The molecule has 0 unspecified atom stereocenters. The summed E-state index contributed by atoms with van der Waals surface area (Å²) in [5.41, 5.74) is 0.517. The smallest absolute Gasteiger partial charge is 0.325 e. The summed E-state index contributed by atoms with van der Waals surface area (Å²) in [4.78, 5) is 23.2. The van der Waals surface area contributed by atoms with Gasteiger partial charge in [0.15, 0.2) is 0 Å². The van der Waals surface area contributed by atoms with E-state index >= 15 is 0 Å². The number of nitrogens with one attached hydrogen (secondary N) is 1. The second-order valence-corrected chi connectivity index (χ2v) is 6.28. The molecule has 1 amide bonds. The fraction of sp³-hybridized carbons (Fsp3) is 0.167. The van der Waals surface area contributed by atoms with Crippen molar-refractivity contribution in [3.8, 4) is 0 Å². The lowest BCUT2D eigenvalue weighted by Gasteiger charge is -1.99. The lowest BCUT2D eigenvalue weighted by molar-refractivity contribution is -0.137. The molecule has 3 rings (SSSR count). The molecule has 0 aromatic carbocycles. The molecule has 21 heavy (non-hydrogen) atoms. The topological polar surface area (TPSA) is 97.1 Å². The number of amides is 1. The van der Waals surface area contributed by atoms with Crippen LogP contribution in [-0.2, 0) is 17.9 Å². The third-order valence-corrected chi connectivity index (χ3v) is 4.77. The highest BCUT2D eigenvalue weighted by Gasteiger charge is 2.12. The van der Waals surface area contributed by atoms with Crippen LogP contribution in [0.15, 0.2) is 23.7 Å². The first-order valence-corrected chi connectivity index (χ1v) is 7.67. The Morgan fingerprint density at radius 3 is 3.00 bits per heavy atom. The second-order valence-electron chi connectivity index (χ2n) is 4.24. The van der Waals surface area contributed by atoms with Crippen LogP contribution in [0.1, 0.15) is 15.4 Å². The van der Waals surface area contributed by atoms with E-state index in [1.165, 1.54) is 22.2 Å². The SMILES string of the molecule is O=C(O)Cn1cc(CNC(=O)c2cc3sccc3s2)nn1. The highest BCUT2D eigenvalue weighted by atomic mass is 32.1. The zero-order chi connectivity index (χ0) is 14.8. The maximum Gasteiger partial charge on any atom is 0.325 e. The normalized spacial score (nSPS) is 10.9. The van der Waals surface area contributed by atoms with E-state index in [0.29, 0.717) is 10.6 Å². The molecule has 108 valence electrons. The summed E-state index contributed by atoms with van der Waals surface area (Å²) in [6, 6.07) is 3.85. The minimum atomic E-state index is -0.992. The molecule has 0 spiro atoms. The molecule has 0 fully saturated rings. The van der Waals surface area contributed by atoms with E-state index in [4.69, 9.17) is 5.11 Å². The minimum absolute atomic E-state index is 0.170. The summed E-state index contributed by atoms with van der Waals surface area (Å²) in [5.74, 6) is -1.16. The summed E-state index contributed by atoms with van der Waals surface area (Å²) < 4.78 is 3.40. The van der Waals surface area contributed by atoms with Gasteiger partial charge in [-0.15, -0.1) is 27.8 Å². The molecule has 3 aromatic heterocycles. The molecular weight excluding hydrogens is 312 g/mol. The largest absolute Gasteiger partial charge is 0.480 e. The van der Waals surface area contributed by atoms with Crippen molar-refractivity contribution in [3.63, 3.8) is 0 Å². The molecule has 9 heteroatoms. The molecule has 0 radical (unpaired) electrons. The van der Waals surface area contributed by atoms with Crippen LogP contribution in [0.2, 0.25) is 0 Å². The fourth-order valence-electron chi connectivity index (χ4n) is 1.77. The molecule has 0 saturated heterocycles. The van der Waals surface area contributed by atoms with Crippen molar-refractivity contribution in [2.24, 2.45) is 0 Å².